The summed E-state index contributed by atoms with van der Waals surface area (Å²) in [5.74, 6) is -0.198. The Balaban J connectivity index is 1.59. The molecule has 144 valence electrons. The number of nitrogens with zero attached hydrogens (tertiary/aromatic N) is 3. The number of nitriles is 1. The SMILES string of the molecule is N#Cc1ccc(S(=O)(=O)N(CC(=O)N2CCCc3ccccc32)C2CC2)cc1. The Morgan fingerprint density at radius 1 is 1.14 bits per heavy atom. The summed E-state index contributed by atoms with van der Waals surface area (Å²) in [5, 5.41) is 8.92. The number of hydrogen-bond acceptors (Lipinski definition) is 4. The highest BCUT2D eigenvalue weighted by atomic mass is 32.2. The fourth-order valence-electron chi connectivity index (χ4n) is 3.62. The molecule has 0 aromatic heterocycles. The highest BCUT2D eigenvalue weighted by molar-refractivity contribution is 7.89. The summed E-state index contributed by atoms with van der Waals surface area (Å²) >= 11 is 0. The van der Waals surface area contributed by atoms with Gasteiger partial charge in [0, 0.05) is 18.3 Å². The van der Waals surface area contributed by atoms with Gasteiger partial charge in [0.2, 0.25) is 15.9 Å². The molecule has 6 nitrogen and oxygen atoms in total. The minimum Gasteiger partial charge on any atom is -0.311 e. The fourth-order valence-corrected chi connectivity index (χ4v) is 5.26. The molecule has 2 aromatic carbocycles. The largest absolute Gasteiger partial charge is 0.311 e. The Bertz CT molecular complexity index is 1040. The van der Waals surface area contributed by atoms with E-state index in [0.29, 0.717) is 12.1 Å². The molecular formula is C21H21N3O3S. The van der Waals surface area contributed by atoms with E-state index in [9.17, 15) is 13.2 Å². The molecule has 0 saturated heterocycles. The average Bonchev–Trinajstić information content (AvgIpc) is 3.56. The van der Waals surface area contributed by atoms with Crippen molar-refractivity contribution in [1.29, 1.82) is 5.26 Å². The minimum absolute atomic E-state index is 0.116. The standard InChI is InChI=1S/C21H21N3O3S/c22-14-16-7-11-19(12-8-16)28(26,27)24(18-9-10-18)15-21(25)23-13-3-5-17-4-1-2-6-20(17)23/h1-2,4,6-8,11-12,18H,3,5,9-10,13,15H2. The number of carbonyl (C=O) groups is 1. The van der Waals surface area contributed by atoms with E-state index in [-0.39, 0.29) is 23.4 Å². The van der Waals surface area contributed by atoms with Crippen LogP contribution in [0.2, 0.25) is 0 Å². The third-order valence-corrected chi connectivity index (χ3v) is 7.16. The maximum Gasteiger partial charge on any atom is 0.243 e. The van der Waals surface area contributed by atoms with E-state index < -0.39 is 10.0 Å². The molecular weight excluding hydrogens is 374 g/mol. The number of hydrogen-bond donors (Lipinski definition) is 0. The van der Waals surface area contributed by atoms with Crippen LogP contribution in [0.15, 0.2) is 53.4 Å². The smallest absolute Gasteiger partial charge is 0.243 e. The maximum atomic E-state index is 13.1. The number of carbonyl (C=O) groups excluding carboxylic acids is 1. The number of rotatable bonds is 5. The van der Waals surface area contributed by atoms with Crippen molar-refractivity contribution in [3.05, 3.63) is 59.7 Å². The Labute approximate surface area is 165 Å². The quantitative estimate of drug-likeness (QED) is 0.779. The lowest BCUT2D eigenvalue weighted by Gasteiger charge is -2.31. The molecule has 0 bridgehead atoms. The first-order valence-electron chi connectivity index (χ1n) is 9.41. The van der Waals surface area contributed by atoms with Gasteiger partial charge in [-0.1, -0.05) is 18.2 Å². The number of anilines is 1. The van der Waals surface area contributed by atoms with Crippen LogP contribution in [0.3, 0.4) is 0 Å². The topological polar surface area (TPSA) is 81.5 Å². The van der Waals surface area contributed by atoms with Gasteiger partial charge in [-0.2, -0.15) is 9.57 Å². The average molecular weight is 395 g/mol. The molecule has 0 spiro atoms. The van der Waals surface area contributed by atoms with Crippen LogP contribution in [0.5, 0.6) is 0 Å². The van der Waals surface area contributed by atoms with E-state index in [2.05, 4.69) is 0 Å². The second kappa shape index (κ2) is 7.38. The molecule has 4 rings (SSSR count). The van der Waals surface area contributed by atoms with Gasteiger partial charge in [-0.3, -0.25) is 4.79 Å². The van der Waals surface area contributed by atoms with Crippen molar-refractivity contribution < 1.29 is 13.2 Å². The summed E-state index contributed by atoms with van der Waals surface area (Å²) < 4.78 is 27.6. The molecule has 7 heteroatoms. The summed E-state index contributed by atoms with van der Waals surface area (Å²) in [7, 11) is -3.80. The fraction of sp³-hybridized carbons (Fsp3) is 0.333. The van der Waals surface area contributed by atoms with Crippen molar-refractivity contribution in [1.82, 2.24) is 4.31 Å². The summed E-state index contributed by atoms with van der Waals surface area (Å²) in [5.41, 5.74) is 2.40. The van der Waals surface area contributed by atoms with Crippen molar-refractivity contribution in [3.8, 4) is 6.07 Å². The van der Waals surface area contributed by atoms with Gasteiger partial charge in [0.25, 0.3) is 0 Å². The number of benzene rings is 2. The van der Waals surface area contributed by atoms with Gasteiger partial charge in [-0.05, 0) is 61.6 Å². The zero-order valence-electron chi connectivity index (χ0n) is 15.4. The van der Waals surface area contributed by atoms with Crippen LogP contribution in [0.4, 0.5) is 5.69 Å². The van der Waals surface area contributed by atoms with Gasteiger partial charge in [0.05, 0.1) is 23.1 Å². The lowest BCUT2D eigenvalue weighted by Crippen LogP contribution is -2.45. The van der Waals surface area contributed by atoms with Crippen LogP contribution in [-0.4, -0.2) is 37.8 Å². The van der Waals surface area contributed by atoms with E-state index >= 15 is 0 Å². The Hall–Kier alpha value is -2.69. The van der Waals surface area contributed by atoms with Gasteiger partial charge in [-0.15, -0.1) is 0 Å². The molecule has 1 heterocycles. The lowest BCUT2D eigenvalue weighted by molar-refractivity contribution is -0.119. The van der Waals surface area contributed by atoms with Crippen molar-refractivity contribution in [2.75, 3.05) is 18.0 Å². The van der Waals surface area contributed by atoms with Crippen LogP contribution < -0.4 is 4.90 Å². The van der Waals surface area contributed by atoms with E-state index in [1.54, 1.807) is 4.90 Å². The first-order valence-corrected chi connectivity index (χ1v) is 10.8. The second-order valence-electron chi connectivity index (χ2n) is 7.20. The van der Waals surface area contributed by atoms with Crippen molar-refractivity contribution in [3.63, 3.8) is 0 Å². The van der Waals surface area contributed by atoms with Crippen molar-refractivity contribution >= 4 is 21.6 Å². The zero-order valence-corrected chi connectivity index (χ0v) is 16.2. The van der Waals surface area contributed by atoms with Crippen LogP contribution in [-0.2, 0) is 21.2 Å². The third kappa shape index (κ3) is 3.53. The number of fused-ring (bicyclic) bond motifs is 1. The molecule has 1 aliphatic heterocycles. The molecule has 1 fully saturated rings. The van der Waals surface area contributed by atoms with Crippen molar-refractivity contribution in [2.24, 2.45) is 0 Å². The van der Waals surface area contributed by atoms with E-state index in [4.69, 9.17) is 5.26 Å². The number of sulfonamides is 1. The molecule has 0 unspecified atom stereocenters. The van der Waals surface area contributed by atoms with Gasteiger partial charge in [-0.25, -0.2) is 8.42 Å². The number of amides is 1. The molecule has 1 saturated carbocycles. The molecule has 0 radical (unpaired) electrons. The normalized spacial score (nSPS) is 16.5. The molecule has 28 heavy (non-hydrogen) atoms. The highest BCUT2D eigenvalue weighted by Crippen LogP contribution is 2.33. The minimum atomic E-state index is -3.80. The van der Waals surface area contributed by atoms with Crippen LogP contribution in [0, 0.1) is 11.3 Å². The van der Waals surface area contributed by atoms with Crippen LogP contribution in [0.1, 0.15) is 30.4 Å². The van der Waals surface area contributed by atoms with Crippen LogP contribution >= 0.6 is 0 Å². The predicted octanol–water partition coefficient (Wildman–Crippen LogP) is 2.69. The second-order valence-corrected chi connectivity index (χ2v) is 9.09. The molecule has 2 aliphatic rings. The summed E-state index contributed by atoms with van der Waals surface area (Å²) in [4.78, 5) is 14.9. The Kier molecular flexibility index (Phi) is 4.92. The maximum absolute atomic E-state index is 13.1. The van der Waals surface area contributed by atoms with Crippen molar-refractivity contribution in [2.45, 2.75) is 36.6 Å². The third-order valence-electron chi connectivity index (χ3n) is 5.25. The van der Waals surface area contributed by atoms with E-state index in [0.717, 1.165) is 36.9 Å². The van der Waals surface area contributed by atoms with Gasteiger partial charge in [0.1, 0.15) is 0 Å². The van der Waals surface area contributed by atoms with Gasteiger partial charge >= 0.3 is 0 Å². The summed E-state index contributed by atoms with van der Waals surface area (Å²) in [6.07, 6.45) is 3.32. The Morgan fingerprint density at radius 3 is 2.54 bits per heavy atom. The van der Waals surface area contributed by atoms with Crippen LogP contribution in [0.25, 0.3) is 0 Å². The zero-order chi connectivity index (χ0) is 19.7. The van der Waals surface area contributed by atoms with E-state index in [1.807, 2.05) is 30.3 Å². The number of para-hydroxylation sites is 1. The Morgan fingerprint density at radius 2 is 1.86 bits per heavy atom. The summed E-state index contributed by atoms with van der Waals surface area (Å²) in [6, 6.07) is 15.5. The van der Waals surface area contributed by atoms with E-state index in [1.165, 1.54) is 28.6 Å². The molecule has 1 aliphatic carbocycles. The monoisotopic (exact) mass is 395 g/mol. The highest BCUT2D eigenvalue weighted by Gasteiger charge is 2.40. The van der Waals surface area contributed by atoms with Gasteiger partial charge in [0.15, 0.2) is 0 Å². The molecule has 0 atom stereocenters. The molecule has 2 aromatic rings. The van der Waals surface area contributed by atoms with Gasteiger partial charge < -0.3 is 4.90 Å². The first-order chi connectivity index (χ1) is 13.5. The predicted molar refractivity (Wildman–Crippen MR) is 105 cm³/mol. The molecule has 0 N–H and O–H groups in total. The first kappa shape index (κ1) is 18.7. The number of aryl methyl sites for hydroxylation is 1. The molecule has 1 amide bonds. The summed E-state index contributed by atoms with van der Waals surface area (Å²) in [6.45, 7) is 0.437. The lowest BCUT2D eigenvalue weighted by atomic mass is 10.0.